The number of carboxylic acid groups (broad SMARTS) is 1. The number of fused-ring (bicyclic) bond motifs is 1. The Bertz CT molecular complexity index is 1930. The topological polar surface area (TPSA) is 123 Å². The first kappa shape index (κ1) is 28.9. The number of benzene rings is 2. The van der Waals surface area contributed by atoms with E-state index in [0.29, 0.717) is 35.8 Å². The summed E-state index contributed by atoms with van der Waals surface area (Å²) in [6.45, 7) is 5.04. The lowest BCUT2D eigenvalue weighted by atomic mass is 9.87. The van der Waals surface area contributed by atoms with Crippen molar-refractivity contribution < 1.29 is 28.2 Å². The summed E-state index contributed by atoms with van der Waals surface area (Å²) in [5.74, 6) is -1.84. The number of ether oxygens (including phenoxy) is 2. The predicted octanol–water partition coefficient (Wildman–Crippen LogP) is 6.11. The summed E-state index contributed by atoms with van der Waals surface area (Å²) < 4.78 is 44.5. The van der Waals surface area contributed by atoms with Crippen molar-refractivity contribution in [2.24, 2.45) is 5.41 Å². The summed E-state index contributed by atoms with van der Waals surface area (Å²) in [7, 11) is 0. The molecule has 11 heteroatoms. The van der Waals surface area contributed by atoms with Crippen LogP contribution in [0.1, 0.15) is 52.9 Å². The number of halogens is 2. The highest BCUT2D eigenvalue weighted by Crippen LogP contribution is 2.40. The third-order valence-corrected chi connectivity index (χ3v) is 7.75. The minimum absolute atomic E-state index is 0.0262. The zero-order valence-electron chi connectivity index (χ0n) is 23.9. The molecule has 2 aromatic carbocycles. The lowest BCUT2D eigenvalue weighted by Gasteiger charge is -2.27. The predicted molar refractivity (Wildman–Crippen MR) is 156 cm³/mol. The number of pyridine rings is 2. The van der Waals surface area contributed by atoms with Crippen LogP contribution in [0.3, 0.4) is 0 Å². The highest BCUT2D eigenvalue weighted by atomic mass is 19.1. The first-order chi connectivity index (χ1) is 21.1. The van der Waals surface area contributed by atoms with Gasteiger partial charge in [0.2, 0.25) is 5.88 Å². The average Bonchev–Trinajstić information content (AvgIpc) is 3.55. The third-order valence-electron chi connectivity index (χ3n) is 7.75. The summed E-state index contributed by atoms with van der Waals surface area (Å²) >= 11 is 0. The van der Waals surface area contributed by atoms with Gasteiger partial charge in [-0.25, -0.2) is 28.5 Å². The zero-order chi connectivity index (χ0) is 31.0. The second-order valence-corrected chi connectivity index (χ2v) is 11.3. The Kier molecular flexibility index (Phi) is 7.53. The number of aromatic nitrogens is 4. The van der Waals surface area contributed by atoms with E-state index in [1.54, 1.807) is 53.1 Å². The maximum atomic E-state index is 15.6. The minimum Gasteiger partial charge on any atom is -0.477 e. The Labute approximate surface area is 251 Å². The number of nitrogens with zero attached hydrogens (tertiary/aromatic N) is 5. The molecule has 0 aliphatic carbocycles. The summed E-state index contributed by atoms with van der Waals surface area (Å²) in [5.41, 5.74) is 1.93. The molecule has 0 bridgehead atoms. The first-order valence-corrected chi connectivity index (χ1v) is 13.9. The Balaban J connectivity index is 1.30. The van der Waals surface area contributed by atoms with Gasteiger partial charge in [0.1, 0.15) is 29.6 Å². The normalized spacial score (nSPS) is 15.8. The van der Waals surface area contributed by atoms with E-state index in [1.165, 1.54) is 6.07 Å². The van der Waals surface area contributed by atoms with Crippen LogP contribution in [0, 0.1) is 28.4 Å². The zero-order valence-corrected chi connectivity index (χ0v) is 23.9. The summed E-state index contributed by atoms with van der Waals surface area (Å²) in [5, 5.41) is 18.5. The molecule has 1 N–H and O–H groups in total. The molecule has 0 radical (unpaired) electrons. The quantitative estimate of drug-likeness (QED) is 0.228. The lowest BCUT2D eigenvalue weighted by Crippen LogP contribution is -2.27. The van der Waals surface area contributed by atoms with E-state index >= 15 is 8.78 Å². The molecule has 0 saturated carbocycles. The molecule has 5 aromatic rings. The Morgan fingerprint density at radius 3 is 2.59 bits per heavy atom. The SMILES string of the molecule is CC1(C)COC[C@H]1n1c(Cc2cc(F)c(-c3cccc(OCc4ccc(C#N)cc4)n3)cc2F)nc2ccc(C(=O)O)nc21. The maximum Gasteiger partial charge on any atom is 0.354 e. The smallest absolute Gasteiger partial charge is 0.354 e. The highest BCUT2D eigenvalue weighted by molar-refractivity contribution is 5.88. The van der Waals surface area contributed by atoms with E-state index in [4.69, 9.17) is 14.7 Å². The van der Waals surface area contributed by atoms with Gasteiger partial charge in [-0.2, -0.15) is 5.26 Å². The van der Waals surface area contributed by atoms with Gasteiger partial charge < -0.3 is 19.1 Å². The number of hydrogen-bond donors (Lipinski definition) is 1. The number of imidazole rings is 1. The van der Waals surface area contributed by atoms with Crippen molar-refractivity contribution in [3.63, 3.8) is 0 Å². The van der Waals surface area contributed by atoms with Gasteiger partial charge in [-0.1, -0.05) is 32.0 Å². The van der Waals surface area contributed by atoms with Crippen LogP contribution in [0.2, 0.25) is 0 Å². The monoisotopic (exact) mass is 595 g/mol. The Hall–Kier alpha value is -5.21. The Morgan fingerprint density at radius 2 is 1.89 bits per heavy atom. The molecule has 1 aliphatic rings. The van der Waals surface area contributed by atoms with E-state index in [-0.39, 0.29) is 52.9 Å². The second-order valence-electron chi connectivity index (χ2n) is 11.3. The molecule has 3 aromatic heterocycles. The first-order valence-electron chi connectivity index (χ1n) is 13.9. The van der Waals surface area contributed by atoms with E-state index in [0.717, 1.165) is 17.7 Å². The molecule has 4 heterocycles. The molecule has 0 spiro atoms. The standard InChI is InChI=1S/C33H27F2N5O4/c1-33(2)18-43-17-28(33)40-29(37-26-10-11-27(32(41)42)39-31(26)40)13-21-12-24(35)22(14-23(21)34)25-4-3-5-30(38-25)44-16-20-8-6-19(15-36)7-9-20/h3-12,14,28H,13,16-18H2,1-2H3,(H,41,42)/t28-/m1/s1. The second kappa shape index (κ2) is 11.5. The van der Waals surface area contributed by atoms with Crippen molar-refractivity contribution in [3.8, 4) is 23.2 Å². The molecule has 1 saturated heterocycles. The van der Waals surface area contributed by atoms with E-state index in [1.807, 2.05) is 13.8 Å². The number of carboxylic acids is 1. The van der Waals surface area contributed by atoms with Crippen LogP contribution < -0.4 is 4.74 Å². The fourth-order valence-electron chi connectivity index (χ4n) is 5.34. The molecule has 0 unspecified atom stereocenters. The lowest BCUT2D eigenvalue weighted by molar-refractivity contribution is 0.0690. The fourth-order valence-corrected chi connectivity index (χ4v) is 5.34. The van der Waals surface area contributed by atoms with Crippen molar-refractivity contribution in [1.29, 1.82) is 5.26 Å². The van der Waals surface area contributed by atoms with Gasteiger partial charge in [0.05, 0.1) is 36.6 Å². The van der Waals surface area contributed by atoms with Crippen LogP contribution in [-0.2, 0) is 17.8 Å². The molecule has 222 valence electrons. The number of carbonyl (C=O) groups is 1. The van der Waals surface area contributed by atoms with Gasteiger partial charge >= 0.3 is 5.97 Å². The van der Waals surface area contributed by atoms with E-state index in [9.17, 15) is 9.90 Å². The van der Waals surface area contributed by atoms with Gasteiger partial charge in [0.25, 0.3) is 0 Å². The van der Waals surface area contributed by atoms with Crippen molar-refractivity contribution in [1.82, 2.24) is 19.5 Å². The van der Waals surface area contributed by atoms with Gasteiger partial charge in [0.15, 0.2) is 11.3 Å². The van der Waals surface area contributed by atoms with Crippen molar-refractivity contribution in [2.75, 3.05) is 13.2 Å². The molecule has 44 heavy (non-hydrogen) atoms. The Morgan fingerprint density at radius 1 is 1.09 bits per heavy atom. The highest BCUT2D eigenvalue weighted by Gasteiger charge is 2.39. The van der Waals surface area contributed by atoms with Gasteiger partial charge in [-0.15, -0.1) is 0 Å². The molecule has 9 nitrogen and oxygen atoms in total. The number of aromatic carboxylic acids is 1. The average molecular weight is 596 g/mol. The van der Waals surface area contributed by atoms with Gasteiger partial charge in [0, 0.05) is 23.5 Å². The molecular weight excluding hydrogens is 568 g/mol. The largest absolute Gasteiger partial charge is 0.477 e. The van der Waals surface area contributed by atoms with Crippen molar-refractivity contribution in [3.05, 3.63) is 107 Å². The van der Waals surface area contributed by atoms with Crippen LogP contribution in [0.5, 0.6) is 5.88 Å². The van der Waals surface area contributed by atoms with Crippen molar-refractivity contribution in [2.45, 2.75) is 32.9 Å². The van der Waals surface area contributed by atoms with Crippen LogP contribution >= 0.6 is 0 Å². The molecule has 1 aliphatic heterocycles. The van der Waals surface area contributed by atoms with E-state index < -0.39 is 17.6 Å². The molecule has 0 amide bonds. The van der Waals surface area contributed by atoms with Gasteiger partial charge in [-0.3, -0.25) is 0 Å². The summed E-state index contributed by atoms with van der Waals surface area (Å²) in [6.07, 6.45) is -0.0600. The van der Waals surface area contributed by atoms with Crippen LogP contribution in [-0.4, -0.2) is 43.8 Å². The van der Waals surface area contributed by atoms with Crippen molar-refractivity contribution >= 4 is 17.1 Å². The molecule has 1 fully saturated rings. The fraction of sp³-hybridized carbons (Fsp3) is 0.242. The molecule has 1 atom stereocenters. The van der Waals surface area contributed by atoms with Crippen LogP contribution in [0.15, 0.2) is 66.7 Å². The summed E-state index contributed by atoms with van der Waals surface area (Å²) in [6, 6.07) is 18.7. The number of nitriles is 1. The van der Waals surface area contributed by atoms with Crippen LogP contribution in [0.4, 0.5) is 8.78 Å². The molecular formula is C33H27F2N5O4. The van der Waals surface area contributed by atoms with E-state index in [2.05, 4.69) is 21.0 Å². The number of hydrogen-bond acceptors (Lipinski definition) is 7. The third kappa shape index (κ3) is 5.59. The minimum atomic E-state index is -1.18. The maximum absolute atomic E-state index is 15.6. The van der Waals surface area contributed by atoms with Gasteiger partial charge in [-0.05, 0) is 53.6 Å². The number of rotatable bonds is 8. The molecule has 6 rings (SSSR count). The summed E-state index contributed by atoms with van der Waals surface area (Å²) in [4.78, 5) is 25.0. The van der Waals surface area contributed by atoms with Crippen LogP contribution in [0.25, 0.3) is 22.4 Å².